The summed E-state index contributed by atoms with van der Waals surface area (Å²) >= 11 is 5.94. The van der Waals surface area contributed by atoms with Crippen molar-refractivity contribution < 1.29 is 8.78 Å². The fraction of sp³-hybridized carbons (Fsp3) is 0.0556. The Balaban J connectivity index is 1.85. The van der Waals surface area contributed by atoms with Crippen LogP contribution in [0.15, 0.2) is 48.9 Å². The van der Waals surface area contributed by atoms with Crippen LogP contribution in [0.3, 0.4) is 0 Å². The van der Waals surface area contributed by atoms with Crippen LogP contribution in [0, 0.1) is 18.6 Å². The molecule has 5 nitrogen and oxygen atoms in total. The first-order chi connectivity index (χ1) is 12.5. The molecule has 1 N–H and O–H groups in total. The number of nitrogens with zero attached hydrogens (tertiary/aromatic N) is 4. The molecule has 0 unspecified atom stereocenters. The van der Waals surface area contributed by atoms with E-state index in [0.717, 1.165) is 23.5 Å². The highest BCUT2D eigenvalue weighted by atomic mass is 35.5. The summed E-state index contributed by atoms with van der Waals surface area (Å²) in [6.45, 7) is 1.87. The Labute approximate surface area is 152 Å². The quantitative estimate of drug-likeness (QED) is 0.526. The molecule has 4 aromatic rings. The molecule has 0 amide bonds. The van der Waals surface area contributed by atoms with Gasteiger partial charge in [0.2, 0.25) is 0 Å². The third-order valence-electron chi connectivity index (χ3n) is 3.94. The summed E-state index contributed by atoms with van der Waals surface area (Å²) in [4.78, 5) is 8.54. The van der Waals surface area contributed by atoms with Gasteiger partial charge in [0.05, 0.1) is 22.3 Å². The molecule has 0 saturated carbocycles. The summed E-state index contributed by atoms with van der Waals surface area (Å²) in [6.07, 6.45) is 4.83. The molecule has 0 fully saturated rings. The Hall–Kier alpha value is -3.06. The summed E-state index contributed by atoms with van der Waals surface area (Å²) < 4.78 is 29.2. The van der Waals surface area contributed by atoms with E-state index in [1.807, 2.05) is 13.0 Å². The number of hydrogen-bond donors (Lipinski definition) is 1. The van der Waals surface area contributed by atoms with E-state index in [9.17, 15) is 8.78 Å². The molecule has 8 heteroatoms. The molecule has 26 heavy (non-hydrogen) atoms. The van der Waals surface area contributed by atoms with Crippen LogP contribution in [0.25, 0.3) is 16.6 Å². The lowest BCUT2D eigenvalue weighted by atomic mass is 10.2. The van der Waals surface area contributed by atoms with Crippen LogP contribution in [-0.2, 0) is 0 Å². The normalized spacial score (nSPS) is 11.1. The molecule has 0 radical (unpaired) electrons. The van der Waals surface area contributed by atoms with Gasteiger partial charge in [0.15, 0.2) is 5.82 Å². The number of aromatic nitrogens is 4. The summed E-state index contributed by atoms with van der Waals surface area (Å²) in [5.74, 6) is -0.863. The summed E-state index contributed by atoms with van der Waals surface area (Å²) in [6, 6.07) is 7.35. The molecule has 3 heterocycles. The van der Waals surface area contributed by atoms with Gasteiger partial charge in [0.1, 0.15) is 22.3 Å². The Bertz CT molecular complexity index is 1130. The Morgan fingerprint density at radius 2 is 1.85 bits per heavy atom. The van der Waals surface area contributed by atoms with Gasteiger partial charge in [-0.2, -0.15) is 5.10 Å². The SMILES string of the molecule is Cc1ncccc1Nc1nccc2nn(-c3c(F)ccc(F)c3Cl)cc12. The van der Waals surface area contributed by atoms with Crippen molar-refractivity contribution >= 4 is 34.0 Å². The average Bonchev–Trinajstić information content (AvgIpc) is 3.05. The molecule has 0 aliphatic rings. The van der Waals surface area contributed by atoms with Gasteiger partial charge in [0, 0.05) is 18.6 Å². The molecule has 0 atom stereocenters. The number of pyridine rings is 2. The van der Waals surface area contributed by atoms with Gasteiger partial charge in [-0.3, -0.25) is 4.98 Å². The van der Waals surface area contributed by atoms with Gasteiger partial charge in [-0.15, -0.1) is 0 Å². The van der Waals surface area contributed by atoms with Crippen LogP contribution in [-0.4, -0.2) is 19.7 Å². The van der Waals surface area contributed by atoms with Crippen molar-refractivity contribution in [2.24, 2.45) is 0 Å². The van der Waals surface area contributed by atoms with Crippen molar-refractivity contribution in [3.05, 3.63) is 71.3 Å². The van der Waals surface area contributed by atoms with E-state index in [-0.39, 0.29) is 10.7 Å². The maximum atomic E-state index is 14.2. The first-order valence-electron chi connectivity index (χ1n) is 7.71. The first kappa shape index (κ1) is 16.4. The lowest BCUT2D eigenvalue weighted by molar-refractivity contribution is 0.588. The van der Waals surface area contributed by atoms with Gasteiger partial charge in [-0.05, 0) is 37.3 Å². The van der Waals surface area contributed by atoms with Gasteiger partial charge in [0.25, 0.3) is 0 Å². The second-order valence-electron chi connectivity index (χ2n) is 5.62. The minimum atomic E-state index is -0.718. The molecule has 0 bridgehead atoms. The fourth-order valence-electron chi connectivity index (χ4n) is 2.63. The predicted molar refractivity (Wildman–Crippen MR) is 96.0 cm³/mol. The zero-order chi connectivity index (χ0) is 18.3. The van der Waals surface area contributed by atoms with Gasteiger partial charge in [-0.25, -0.2) is 18.4 Å². The minimum Gasteiger partial charge on any atom is -0.338 e. The van der Waals surface area contributed by atoms with Crippen molar-refractivity contribution in [1.29, 1.82) is 0 Å². The van der Waals surface area contributed by atoms with Gasteiger partial charge >= 0.3 is 0 Å². The Kier molecular flexibility index (Phi) is 4.00. The Morgan fingerprint density at radius 3 is 2.65 bits per heavy atom. The standard InChI is InChI=1S/C18H12ClF2N5/c1-10-14(3-2-7-22-10)24-18-11-9-26(25-15(11)6-8-23-18)17-13(21)5-4-12(20)16(17)19/h2-9H,1H3,(H,23,24). The molecule has 0 aliphatic carbocycles. The highest BCUT2D eigenvalue weighted by molar-refractivity contribution is 6.32. The number of nitrogens with one attached hydrogen (secondary N) is 1. The zero-order valence-electron chi connectivity index (χ0n) is 13.5. The van der Waals surface area contributed by atoms with Crippen molar-refractivity contribution in [2.45, 2.75) is 6.92 Å². The number of aryl methyl sites for hydroxylation is 1. The molecular weight excluding hydrogens is 360 g/mol. The van der Waals surface area contributed by atoms with Gasteiger partial charge < -0.3 is 5.32 Å². The smallest absolute Gasteiger partial charge is 0.150 e. The fourth-order valence-corrected chi connectivity index (χ4v) is 2.87. The molecule has 0 saturated heterocycles. The third-order valence-corrected chi connectivity index (χ3v) is 4.30. The van der Waals surface area contributed by atoms with Crippen LogP contribution >= 0.6 is 11.6 Å². The van der Waals surface area contributed by atoms with E-state index < -0.39 is 11.6 Å². The van der Waals surface area contributed by atoms with Crippen molar-refractivity contribution in [3.8, 4) is 5.69 Å². The highest BCUT2D eigenvalue weighted by Gasteiger charge is 2.17. The molecule has 4 rings (SSSR count). The van der Waals surface area contributed by atoms with Crippen molar-refractivity contribution in [2.75, 3.05) is 5.32 Å². The van der Waals surface area contributed by atoms with E-state index in [0.29, 0.717) is 16.7 Å². The monoisotopic (exact) mass is 371 g/mol. The molecule has 130 valence electrons. The third kappa shape index (κ3) is 2.76. The van der Waals surface area contributed by atoms with Crippen LogP contribution in [0.5, 0.6) is 0 Å². The number of fused-ring (bicyclic) bond motifs is 1. The second-order valence-corrected chi connectivity index (χ2v) is 6.00. The molecule has 0 spiro atoms. The summed E-state index contributed by atoms with van der Waals surface area (Å²) in [5, 5.41) is 7.80. The largest absolute Gasteiger partial charge is 0.338 e. The first-order valence-corrected chi connectivity index (χ1v) is 8.09. The average molecular weight is 372 g/mol. The number of hydrogen-bond acceptors (Lipinski definition) is 4. The number of benzene rings is 1. The second kappa shape index (κ2) is 6.34. The maximum absolute atomic E-state index is 14.2. The van der Waals surface area contributed by atoms with Crippen LogP contribution in [0.4, 0.5) is 20.3 Å². The van der Waals surface area contributed by atoms with E-state index in [1.54, 1.807) is 30.7 Å². The lowest BCUT2D eigenvalue weighted by Crippen LogP contribution is -2.01. The summed E-state index contributed by atoms with van der Waals surface area (Å²) in [7, 11) is 0. The number of anilines is 2. The topological polar surface area (TPSA) is 55.6 Å². The predicted octanol–water partition coefficient (Wildman–Crippen LogP) is 4.80. The number of halogens is 3. The van der Waals surface area contributed by atoms with Gasteiger partial charge in [-0.1, -0.05) is 11.6 Å². The van der Waals surface area contributed by atoms with E-state index in [2.05, 4.69) is 20.4 Å². The Morgan fingerprint density at radius 1 is 1.04 bits per heavy atom. The molecule has 0 aliphatic heterocycles. The van der Waals surface area contributed by atoms with Crippen molar-refractivity contribution in [1.82, 2.24) is 19.7 Å². The minimum absolute atomic E-state index is 0.147. The van der Waals surface area contributed by atoms with E-state index in [4.69, 9.17) is 11.6 Å². The zero-order valence-corrected chi connectivity index (χ0v) is 14.3. The van der Waals surface area contributed by atoms with Crippen LogP contribution in [0.2, 0.25) is 5.02 Å². The van der Waals surface area contributed by atoms with E-state index >= 15 is 0 Å². The number of rotatable bonds is 3. The van der Waals surface area contributed by atoms with Crippen LogP contribution in [0.1, 0.15) is 5.69 Å². The highest BCUT2D eigenvalue weighted by Crippen LogP contribution is 2.30. The van der Waals surface area contributed by atoms with E-state index in [1.165, 1.54) is 4.68 Å². The van der Waals surface area contributed by atoms with Crippen molar-refractivity contribution in [3.63, 3.8) is 0 Å². The maximum Gasteiger partial charge on any atom is 0.150 e. The lowest BCUT2D eigenvalue weighted by Gasteiger charge is -2.08. The molecule has 1 aromatic carbocycles. The molecule has 3 aromatic heterocycles. The summed E-state index contributed by atoms with van der Waals surface area (Å²) in [5.41, 5.74) is 2.00. The van der Waals surface area contributed by atoms with Crippen LogP contribution < -0.4 is 5.32 Å². The molecular formula is C18H12ClF2N5.